The van der Waals surface area contributed by atoms with Crippen LogP contribution in [0.4, 0.5) is 15.8 Å². The Balaban J connectivity index is 1.48. The van der Waals surface area contributed by atoms with E-state index in [4.69, 9.17) is 9.47 Å². The van der Waals surface area contributed by atoms with Crippen LogP contribution in [-0.2, 0) is 9.59 Å². The summed E-state index contributed by atoms with van der Waals surface area (Å²) in [5, 5.41) is 2.58. The highest BCUT2D eigenvalue weighted by atomic mass is 19.1. The van der Waals surface area contributed by atoms with E-state index in [2.05, 4.69) is 5.32 Å². The molecule has 6 nitrogen and oxygen atoms in total. The minimum Gasteiger partial charge on any atom is -0.486 e. The van der Waals surface area contributed by atoms with Gasteiger partial charge in [0.25, 0.3) is 0 Å². The summed E-state index contributed by atoms with van der Waals surface area (Å²) in [5.74, 6) is -0.341. The maximum Gasteiger partial charge on any atom is 0.229 e. The molecule has 2 heterocycles. The zero-order chi connectivity index (χ0) is 19.0. The van der Waals surface area contributed by atoms with Crippen LogP contribution < -0.4 is 19.7 Å². The zero-order valence-electron chi connectivity index (χ0n) is 14.8. The van der Waals surface area contributed by atoms with Crippen molar-refractivity contribution < 1.29 is 23.5 Å². The average molecular weight is 370 g/mol. The van der Waals surface area contributed by atoms with Crippen molar-refractivity contribution in [3.05, 3.63) is 47.8 Å². The maximum absolute atomic E-state index is 14.0. The molecule has 2 aromatic rings. The van der Waals surface area contributed by atoms with E-state index in [1.54, 1.807) is 36.1 Å². The minimum absolute atomic E-state index is 0.0771. The van der Waals surface area contributed by atoms with Crippen LogP contribution in [0.2, 0.25) is 0 Å². The molecule has 1 fully saturated rings. The summed E-state index contributed by atoms with van der Waals surface area (Å²) < 4.78 is 25.0. The molecule has 0 aromatic heterocycles. The van der Waals surface area contributed by atoms with E-state index < -0.39 is 11.7 Å². The molecular formula is C20H19FN2O4. The predicted molar refractivity (Wildman–Crippen MR) is 97.7 cm³/mol. The predicted octanol–water partition coefficient (Wildman–Crippen LogP) is 2.90. The molecule has 0 radical (unpaired) electrons. The normalized spacial score (nSPS) is 18.5. The van der Waals surface area contributed by atoms with Crippen LogP contribution >= 0.6 is 0 Å². The Morgan fingerprint density at radius 2 is 1.93 bits per heavy atom. The van der Waals surface area contributed by atoms with Crippen LogP contribution in [0, 0.1) is 18.7 Å². The minimum atomic E-state index is -0.550. The fraction of sp³-hybridized carbons (Fsp3) is 0.300. The lowest BCUT2D eigenvalue weighted by Crippen LogP contribution is -2.28. The van der Waals surface area contributed by atoms with Gasteiger partial charge in [-0.3, -0.25) is 9.59 Å². The number of nitrogens with one attached hydrogen (secondary N) is 1. The van der Waals surface area contributed by atoms with Crippen LogP contribution in [0.3, 0.4) is 0 Å². The molecule has 0 aliphatic carbocycles. The first-order chi connectivity index (χ1) is 13.0. The summed E-state index contributed by atoms with van der Waals surface area (Å²) in [4.78, 5) is 26.5. The molecule has 1 N–H and O–H groups in total. The number of benzene rings is 2. The molecule has 1 unspecified atom stereocenters. The topological polar surface area (TPSA) is 67.9 Å². The van der Waals surface area contributed by atoms with Crippen molar-refractivity contribution in [2.75, 3.05) is 30.0 Å². The van der Waals surface area contributed by atoms with Crippen LogP contribution in [0.1, 0.15) is 12.0 Å². The fourth-order valence-electron chi connectivity index (χ4n) is 3.29. The largest absolute Gasteiger partial charge is 0.486 e. The number of hydrogen-bond donors (Lipinski definition) is 1. The Hall–Kier alpha value is -3.09. The molecule has 2 aliphatic rings. The van der Waals surface area contributed by atoms with Gasteiger partial charge in [-0.1, -0.05) is 6.07 Å². The van der Waals surface area contributed by atoms with Gasteiger partial charge in [0.15, 0.2) is 11.5 Å². The number of ether oxygens (including phenoxy) is 2. The first kappa shape index (κ1) is 17.3. The Labute approximate surface area is 155 Å². The number of amides is 2. The monoisotopic (exact) mass is 370 g/mol. The molecule has 0 spiro atoms. The van der Waals surface area contributed by atoms with Gasteiger partial charge in [0.05, 0.1) is 11.6 Å². The van der Waals surface area contributed by atoms with Crippen LogP contribution in [0.15, 0.2) is 36.4 Å². The Kier molecular flexibility index (Phi) is 4.43. The standard InChI is InChI=1S/C20H19FN2O4/c1-12-2-4-16(15(21)8-12)22-20(25)13-9-19(24)23(11-13)14-3-5-17-18(10-14)27-7-6-26-17/h2-5,8,10,13H,6-7,9,11H2,1H3,(H,22,25). The number of hydrogen-bond acceptors (Lipinski definition) is 4. The quantitative estimate of drug-likeness (QED) is 0.902. The second-order valence-corrected chi connectivity index (χ2v) is 6.71. The Bertz CT molecular complexity index is 915. The third-order valence-electron chi connectivity index (χ3n) is 4.72. The number of anilines is 2. The molecule has 0 saturated carbocycles. The van der Waals surface area contributed by atoms with Gasteiger partial charge >= 0.3 is 0 Å². The van der Waals surface area contributed by atoms with Crippen LogP contribution in [-0.4, -0.2) is 31.6 Å². The van der Waals surface area contributed by atoms with Crippen molar-refractivity contribution in [2.24, 2.45) is 5.92 Å². The highest BCUT2D eigenvalue weighted by Gasteiger charge is 2.35. The number of fused-ring (bicyclic) bond motifs is 1. The molecule has 140 valence electrons. The maximum atomic E-state index is 14.0. The van der Waals surface area contributed by atoms with Crippen molar-refractivity contribution in [1.82, 2.24) is 0 Å². The molecule has 4 rings (SSSR count). The van der Waals surface area contributed by atoms with E-state index in [1.165, 1.54) is 12.1 Å². The first-order valence-corrected chi connectivity index (χ1v) is 8.78. The number of halogens is 1. The Morgan fingerprint density at radius 1 is 1.15 bits per heavy atom. The van der Waals surface area contributed by atoms with Gasteiger partial charge in [0.1, 0.15) is 19.0 Å². The Morgan fingerprint density at radius 3 is 2.70 bits per heavy atom. The van der Waals surface area contributed by atoms with Gasteiger partial charge < -0.3 is 19.7 Å². The molecular weight excluding hydrogens is 351 g/mol. The molecule has 0 bridgehead atoms. The highest BCUT2D eigenvalue weighted by molar-refractivity contribution is 6.03. The second-order valence-electron chi connectivity index (χ2n) is 6.71. The lowest BCUT2D eigenvalue weighted by molar-refractivity contribution is -0.122. The summed E-state index contributed by atoms with van der Waals surface area (Å²) in [6, 6.07) is 9.87. The number of rotatable bonds is 3. The van der Waals surface area contributed by atoms with Crippen molar-refractivity contribution in [3.8, 4) is 11.5 Å². The van der Waals surface area contributed by atoms with Gasteiger partial charge in [-0.05, 0) is 36.8 Å². The summed E-state index contributed by atoms with van der Waals surface area (Å²) in [7, 11) is 0. The third-order valence-corrected chi connectivity index (χ3v) is 4.72. The van der Waals surface area contributed by atoms with Crippen LogP contribution in [0.5, 0.6) is 11.5 Å². The van der Waals surface area contributed by atoms with Gasteiger partial charge in [0.2, 0.25) is 11.8 Å². The molecule has 2 amide bonds. The summed E-state index contributed by atoms with van der Waals surface area (Å²) in [6.45, 7) is 2.96. The highest BCUT2D eigenvalue weighted by Crippen LogP contribution is 2.36. The smallest absolute Gasteiger partial charge is 0.229 e. The molecule has 1 atom stereocenters. The average Bonchev–Trinajstić information content (AvgIpc) is 3.05. The van der Waals surface area contributed by atoms with Gasteiger partial charge in [-0.2, -0.15) is 0 Å². The summed E-state index contributed by atoms with van der Waals surface area (Å²) in [5.41, 5.74) is 1.54. The van der Waals surface area contributed by atoms with E-state index in [0.29, 0.717) is 30.4 Å². The van der Waals surface area contributed by atoms with E-state index in [-0.39, 0.29) is 30.5 Å². The van der Waals surface area contributed by atoms with E-state index in [1.807, 2.05) is 0 Å². The zero-order valence-corrected chi connectivity index (χ0v) is 14.8. The first-order valence-electron chi connectivity index (χ1n) is 8.78. The number of aryl methyl sites for hydroxylation is 1. The molecule has 1 saturated heterocycles. The second kappa shape index (κ2) is 6.90. The van der Waals surface area contributed by atoms with E-state index in [0.717, 1.165) is 5.56 Å². The molecule has 27 heavy (non-hydrogen) atoms. The molecule has 2 aromatic carbocycles. The van der Waals surface area contributed by atoms with E-state index in [9.17, 15) is 14.0 Å². The van der Waals surface area contributed by atoms with Crippen molar-refractivity contribution in [3.63, 3.8) is 0 Å². The lowest BCUT2D eigenvalue weighted by Gasteiger charge is -2.22. The number of carbonyl (C=O) groups excluding carboxylic acids is 2. The number of nitrogens with zero attached hydrogens (tertiary/aromatic N) is 1. The van der Waals surface area contributed by atoms with E-state index >= 15 is 0 Å². The molecule has 2 aliphatic heterocycles. The van der Waals surface area contributed by atoms with Crippen LogP contribution in [0.25, 0.3) is 0 Å². The van der Waals surface area contributed by atoms with Gasteiger partial charge in [-0.15, -0.1) is 0 Å². The summed E-state index contributed by atoms with van der Waals surface area (Å²) in [6.07, 6.45) is 0.0771. The molecule has 7 heteroatoms. The SMILES string of the molecule is Cc1ccc(NC(=O)C2CC(=O)N(c3ccc4c(c3)OCCO4)C2)c(F)c1. The van der Waals surface area contributed by atoms with Crippen molar-refractivity contribution in [1.29, 1.82) is 0 Å². The number of carbonyl (C=O) groups is 2. The van der Waals surface area contributed by atoms with Gasteiger partial charge in [0, 0.05) is 24.7 Å². The third kappa shape index (κ3) is 3.45. The summed E-state index contributed by atoms with van der Waals surface area (Å²) >= 11 is 0. The lowest BCUT2D eigenvalue weighted by atomic mass is 10.1. The van der Waals surface area contributed by atoms with Gasteiger partial charge in [-0.25, -0.2) is 4.39 Å². The van der Waals surface area contributed by atoms with Crippen molar-refractivity contribution in [2.45, 2.75) is 13.3 Å². The van der Waals surface area contributed by atoms with Crippen molar-refractivity contribution >= 4 is 23.2 Å². The fourth-order valence-corrected chi connectivity index (χ4v) is 3.29.